The molecular weight excluding hydrogens is 309 g/mol. The first-order valence-corrected chi connectivity index (χ1v) is 7.51. The van der Waals surface area contributed by atoms with Crippen LogP contribution in [-0.4, -0.2) is 18.7 Å². The molecule has 0 heterocycles. The molecule has 0 aromatic heterocycles. The van der Waals surface area contributed by atoms with Crippen LogP contribution in [0.15, 0.2) is 12.1 Å². The van der Waals surface area contributed by atoms with Crippen molar-refractivity contribution in [1.82, 2.24) is 0 Å². The van der Waals surface area contributed by atoms with Gasteiger partial charge >= 0.3 is 5.97 Å². The molecule has 0 radical (unpaired) electrons. The Morgan fingerprint density at radius 2 is 1.87 bits per heavy atom. The van der Waals surface area contributed by atoms with Gasteiger partial charge in [-0.1, -0.05) is 0 Å². The number of ether oxygens (including phenoxy) is 2. The Hall–Kier alpha value is -1.72. The molecule has 0 N–H and O–H groups in total. The fourth-order valence-electron chi connectivity index (χ4n) is 2.42. The van der Waals surface area contributed by atoms with Crippen LogP contribution in [-0.2, 0) is 21.9 Å². The zero-order valence-corrected chi connectivity index (χ0v) is 13.7. The van der Waals surface area contributed by atoms with Gasteiger partial charge in [-0.2, -0.15) is 0 Å². The number of methoxy groups -OCH3 is 1. The van der Waals surface area contributed by atoms with Crippen LogP contribution in [0.4, 0.5) is 13.2 Å². The van der Waals surface area contributed by atoms with Gasteiger partial charge in [-0.3, -0.25) is 4.79 Å². The lowest BCUT2D eigenvalue weighted by Crippen LogP contribution is -2.25. The van der Waals surface area contributed by atoms with Gasteiger partial charge in [0, 0.05) is 17.0 Å². The SMILES string of the molecule is COc1c(F)cc(C(F)(F)C2CC2)cc1CC(=O)OC(C)(C)C. The highest BCUT2D eigenvalue weighted by Gasteiger charge is 2.48. The van der Waals surface area contributed by atoms with E-state index in [-0.39, 0.29) is 17.7 Å². The van der Waals surface area contributed by atoms with Crippen molar-refractivity contribution in [2.45, 2.75) is 51.6 Å². The Balaban J connectivity index is 2.33. The van der Waals surface area contributed by atoms with Crippen LogP contribution in [0.5, 0.6) is 5.75 Å². The second kappa shape index (κ2) is 6.06. The first-order chi connectivity index (χ1) is 10.5. The summed E-state index contributed by atoms with van der Waals surface area (Å²) in [6, 6.07) is 1.93. The Kier molecular flexibility index (Phi) is 4.64. The van der Waals surface area contributed by atoms with Gasteiger partial charge in [0.05, 0.1) is 13.5 Å². The molecule has 1 saturated carbocycles. The van der Waals surface area contributed by atoms with Crippen molar-refractivity contribution in [2.75, 3.05) is 7.11 Å². The third kappa shape index (κ3) is 4.18. The van der Waals surface area contributed by atoms with Crippen molar-refractivity contribution in [2.24, 2.45) is 5.92 Å². The number of carbonyl (C=O) groups is 1. The third-order valence-corrected chi connectivity index (χ3v) is 3.55. The Morgan fingerprint density at radius 3 is 2.35 bits per heavy atom. The van der Waals surface area contributed by atoms with E-state index in [4.69, 9.17) is 9.47 Å². The minimum absolute atomic E-state index is 0.0667. The topological polar surface area (TPSA) is 35.5 Å². The Morgan fingerprint density at radius 1 is 1.26 bits per heavy atom. The molecule has 1 aliphatic carbocycles. The first-order valence-electron chi connectivity index (χ1n) is 7.51. The minimum atomic E-state index is -3.10. The fraction of sp³-hybridized carbons (Fsp3) is 0.588. The molecule has 1 fully saturated rings. The summed E-state index contributed by atoms with van der Waals surface area (Å²) in [5, 5.41) is 0. The summed E-state index contributed by atoms with van der Waals surface area (Å²) in [7, 11) is 1.23. The van der Waals surface area contributed by atoms with Crippen LogP contribution >= 0.6 is 0 Å². The van der Waals surface area contributed by atoms with E-state index >= 15 is 0 Å². The van der Waals surface area contributed by atoms with Gasteiger partial charge in [0.15, 0.2) is 11.6 Å². The van der Waals surface area contributed by atoms with Crippen LogP contribution < -0.4 is 4.74 Å². The highest BCUT2D eigenvalue weighted by Crippen LogP contribution is 2.50. The third-order valence-electron chi connectivity index (χ3n) is 3.55. The number of hydrogen-bond donors (Lipinski definition) is 0. The Bertz CT molecular complexity index is 602. The number of alkyl halides is 2. The molecule has 128 valence electrons. The van der Waals surface area contributed by atoms with Gasteiger partial charge in [0.25, 0.3) is 5.92 Å². The maximum Gasteiger partial charge on any atom is 0.310 e. The molecule has 1 aliphatic rings. The van der Waals surface area contributed by atoms with E-state index in [9.17, 15) is 18.0 Å². The zero-order chi connectivity index (χ0) is 17.4. The minimum Gasteiger partial charge on any atom is -0.493 e. The van der Waals surface area contributed by atoms with Gasteiger partial charge in [0.2, 0.25) is 0 Å². The normalized spacial score (nSPS) is 15.4. The summed E-state index contributed by atoms with van der Waals surface area (Å²) >= 11 is 0. The van der Waals surface area contributed by atoms with Crippen LogP contribution in [0.2, 0.25) is 0 Å². The lowest BCUT2D eigenvalue weighted by atomic mass is 9.99. The fourth-order valence-corrected chi connectivity index (χ4v) is 2.42. The van der Waals surface area contributed by atoms with Gasteiger partial charge in [-0.25, -0.2) is 13.2 Å². The number of halogens is 3. The lowest BCUT2D eigenvalue weighted by molar-refractivity contribution is -0.153. The quantitative estimate of drug-likeness (QED) is 0.758. The van der Waals surface area contributed by atoms with E-state index in [1.165, 1.54) is 7.11 Å². The van der Waals surface area contributed by atoms with Gasteiger partial charge < -0.3 is 9.47 Å². The van der Waals surface area contributed by atoms with E-state index in [0.717, 1.165) is 12.1 Å². The second-order valence-electron chi connectivity index (χ2n) is 6.81. The summed E-state index contributed by atoms with van der Waals surface area (Å²) < 4.78 is 52.6. The van der Waals surface area contributed by atoms with Gasteiger partial charge in [-0.05, 0) is 45.7 Å². The van der Waals surface area contributed by atoms with E-state index in [2.05, 4.69) is 0 Å². The molecule has 23 heavy (non-hydrogen) atoms. The van der Waals surface area contributed by atoms with Crippen molar-refractivity contribution < 1.29 is 27.4 Å². The molecule has 1 aromatic carbocycles. The molecule has 0 saturated heterocycles. The summed E-state index contributed by atoms with van der Waals surface area (Å²) in [5.41, 5.74) is -1.06. The van der Waals surface area contributed by atoms with Crippen molar-refractivity contribution in [3.05, 3.63) is 29.1 Å². The molecule has 0 unspecified atom stereocenters. The Labute approximate surface area is 133 Å². The molecule has 6 heteroatoms. The maximum absolute atomic E-state index is 14.2. The molecule has 0 aliphatic heterocycles. The summed E-state index contributed by atoms with van der Waals surface area (Å²) in [6.45, 7) is 5.08. The average molecular weight is 330 g/mol. The highest BCUT2D eigenvalue weighted by molar-refractivity contribution is 5.74. The summed E-state index contributed by atoms with van der Waals surface area (Å²) in [4.78, 5) is 11.9. The molecule has 0 amide bonds. The monoisotopic (exact) mass is 330 g/mol. The molecule has 0 atom stereocenters. The van der Waals surface area contributed by atoms with Crippen molar-refractivity contribution in [3.63, 3.8) is 0 Å². The van der Waals surface area contributed by atoms with Gasteiger partial charge in [-0.15, -0.1) is 0 Å². The van der Waals surface area contributed by atoms with Crippen molar-refractivity contribution in [3.8, 4) is 5.75 Å². The smallest absolute Gasteiger partial charge is 0.310 e. The van der Waals surface area contributed by atoms with Crippen LogP contribution in [0.1, 0.15) is 44.7 Å². The van der Waals surface area contributed by atoms with E-state index in [1.807, 2.05) is 0 Å². The van der Waals surface area contributed by atoms with E-state index in [0.29, 0.717) is 12.8 Å². The molecule has 0 spiro atoms. The zero-order valence-electron chi connectivity index (χ0n) is 13.7. The van der Waals surface area contributed by atoms with Crippen LogP contribution in [0, 0.1) is 11.7 Å². The van der Waals surface area contributed by atoms with Crippen molar-refractivity contribution in [1.29, 1.82) is 0 Å². The number of benzene rings is 1. The molecule has 0 bridgehead atoms. The molecule has 1 aromatic rings. The molecule has 2 rings (SSSR count). The summed E-state index contributed by atoms with van der Waals surface area (Å²) in [6.07, 6.45) is 0.510. The second-order valence-corrected chi connectivity index (χ2v) is 6.81. The first kappa shape index (κ1) is 17.6. The van der Waals surface area contributed by atoms with Gasteiger partial charge in [0.1, 0.15) is 5.60 Å². The predicted octanol–water partition coefficient (Wildman–Crippen LogP) is 4.22. The van der Waals surface area contributed by atoms with E-state index in [1.54, 1.807) is 20.8 Å². The maximum atomic E-state index is 14.2. The highest BCUT2D eigenvalue weighted by atomic mass is 19.3. The molecular formula is C17H21F3O3. The van der Waals surface area contributed by atoms with Crippen LogP contribution in [0.3, 0.4) is 0 Å². The average Bonchev–Trinajstić information content (AvgIpc) is 3.20. The summed E-state index contributed by atoms with van der Waals surface area (Å²) in [5.74, 6) is -5.59. The molecule has 3 nitrogen and oxygen atoms in total. The number of hydrogen-bond acceptors (Lipinski definition) is 3. The van der Waals surface area contributed by atoms with E-state index < -0.39 is 34.8 Å². The standard InChI is InChI=1S/C17H21F3O3/c1-16(2,3)23-14(21)8-10-7-12(9-13(18)15(10)22-4)17(19,20)11-5-6-11/h7,9,11H,5-6,8H2,1-4H3. The number of rotatable bonds is 5. The van der Waals surface area contributed by atoms with Crippen LogP contribution in [0.25, 0.3) is 0 Å². The predicted molar refractivity (Wildman–Crippen MR) is 79.1 cm³/mol. The number of carbonyl (C=O) groups excluding carboxylic acids is 1. The number of esters is 1. The lowest BCUT2D eigenvalue weighted by Gasteiger charge is -2.21. The largest absolute Gasteiger partial charge is 0.493 e. The van der Waals surface area contributed by atoms with Crippen molar-refractivity contribution >= 4 is 5.97 Å².